The molecule has 0 aliphatic carbocycles. The summed E-state index contributed by atoms with van der Waals surface area (Å²) in [6.45, 7) is 6.15. The van der Waals surface area contributed by atoms with E-state index in [-0.39, 0.29) is 5.57 Å². The van der Waals surface area contributed by atoms with Gasteiger partial charge in [-0.3, -0.25) is 0 Å². The Balaban J connectivity index is 4.71. The number of nitriles is 1. The van der Waals surface area contributed by atoms with Gasteiger partial charge in [0.1, 0.15) is 11.6 Å². The number of esters is 1. The number of hydrogen-bond donors (Lipinski definition) is 0. The molecule has 66 valence electrons. The molecule has 4 heteroatoms. The molecule has 0 spiro atoms. The van der Waals surface area contributed by atoms with Gasteiger partial charge >= 0.3 is 5.97 Å². The van der Waals surface area contributed by atoms with Gasteiger partial charge in [0.05, 0.1) is 15.2 Å². The largest absolute Gasteiger partial charge is 0.465 e. The van der Waals surface area contributed by atoms with Crippen molar-refractivity contribution in [2.45, 2.75) is 19.6 Å². The van der Waals surface area contributed by atoms with Crippen LogP contribution in [0.3, 0.4) is 0 Å². The monoisotopic (exact) mass is 183 g/mol. The van der Waals surface area contributed by atoms with Gasteiger partial charge in [0.2, 0.25) is 0 Å². The summed E-state index contributed by atoms with van der Waals surface area (Å²) in [7, 11) is -0.230. The third-order valence-electron chi connectivity index (χ3n) is 1.10. The van der Waals surface area contributed by atoms with Crippen molar-refractivity contribution in [3.8, 4) is 6.07 Å². The smallest absolute Gasteiger partial charge is 0.347 e. The highest BCUT2D eigenvalue weighted by Gasteiger charge is 2.15. The molecule has 0 fully saturated rings. The van der Waals surface area contributed by atoms with Crippen LogP contribution in [0.2, 0.25) is 19.6 Å². The van der Waals surface area contributed by atoms with E-state index in [1.807, 2.05) is 25.7 Å². The number of nitrogens with zero attached hydrogens (tertiary/aromatic N) is 1. The topological polar surface area (TPSA) is 50.1 Å². The minimum absolute atomic E-state index is 0.122. The molecule has 0 saturated heterocycles. The van der Waals surface area contributed by atoms with E-state index in [1.54, 1.807) is 5.70 Å². The molecule has 0 N–H and O–H groups in total. The molecule has 0 atom stereocenters. The molecule has 12 heavy (non-hydrogen) atoms. The Labute approximate surface area is 73.7 Å². The first-order valence-corrected chi connectivity index (χ1v) is 7.19. The summed E-state index contributed by atoms with van der Waals surface area (Å²) in [4.78, 5) is 10.9. The Morgan fingerprint density at radius 3 is 2.25 bits per heavy atom. The van der Waals surface area contributed by atoms with Gasteiger partial charge in [-0.05, 0) is 0 Å². The quantitative estimate of drug-likeness (QED) is 0.282. The zero-order valence-corrected chi connectivity index (χ0v) is 8.84. The lowest BCUT2D eigenvalue weighted by atomic mass is 10.3. The third-order valence-corrected chi connectivity index (χ3v) is 2.26. The maximum absolute atomic E-state index is 10.9. The van der Waals surface area contributed by atoms with Crippen molar-refractivity contribution < 1.29 is 9.53 Å². The van der Waals surface area contributed by atoms with Crippen molar-refractivity contribution in [2.24, 2.45) is 0 Å². The fourth-order valence-corrected chi connectivity index (χ4v) is 1.73. The average Bonchev–Trinajstić information content (AvgIpc) is 1.97. The predicted octanol–water partition coefficient (Wildman–Crippen LogP) is 1.49. The molecule has 0 radical (unpaired) electrons. The van der Waals surface area contributed by atoms with Crippen molar-refractivity contribution >= 4 is 14.0 Å². The van der Waals surface area contributed by atoms with Crippen LogP contribution in [0, 0.1) is 11.3 Å². The Kier molecular flexibility index (Phi) is 3.70. The highest BCUT2D eigenvalue weighted by molar-refractivity contribution is 6.81. The van der Waals surface area contributed by atoms with Gasteiger partial charge in [0, 0.05) is 0 Å². The number of carbonyl (C=O) groups is 1. The molecule has 0 aliphatic heterocycles. The lowest BCUT2D eigenvalue weighted by Crippen LogP contribution is -2.19. The molecule has 0 heterocycles. The second-order valence-corrected chi connectivity index (χ2v) is 8.55. The maximum Gasteiger partial charge on any atom is 0.347 e. The summed E-state index contributed by atoms with van der Waals surface area (Å²) >= 11 is 0. The SMILES string of the molecule is COC(=O)/C(C#N)=C\[Si](C)(C)C. The van der Waals surface area contributed by atoms with Crippen molar-refractivity contribution in [1.29, 1.82) is 5.26 Å². The molecule has 0 unspecified atom stereocenters. The van der Waals surface area contributed by atoms with Crippen LogP contribution in [0.15, 0.2) is 11.3 Å². The van der Waals surface area contributed by atoms with Crippen LogP contribution in [0.4, 0.5) is 0 Å². The van der Waals surface area contributed by atoms with Gasteiger partial charge < -0.3 is 4.74 Å². The number of hydrogen-bond acceptors (Lipinski definition) is 3. The third kappa shape index (κ3) is 3.94. The van der Waals surface area contributed by atoms with Crippen molar-refractivity contribution in [3.05, 3.63) is 11.3 Å². The van der Waals surface area contributed by atoms with Gasteiger partial charge in [-0.25, -0.2) is 4.79 Å². The minimum atomic E-state index is -1.51. The molecule has 0 aromatic rings. The second-order valence-electron chi connectivity index (χ2n) is 3.53. The van der Waals surface area contributed by atoms with Crippen LogP contribution in [0.5, 0.6) is 0 Å². The Morgan fingerprint density at radius 1 is 1.50 bits per heavy atom. The van der Waals surface area contributed by atoms with Gasteiger partial charge in [-0.15, -0.1) is 0 Å². The molecule has 0 aliphatic rings. The van der Waals surface area contributed by atoms with E-state index in [2.05, 4.69) is 4.74 Å². The lowest BCUT2D eigenvalue weighted by Gasteiger charge is -2.08. The van der Waals surface area contributed by atoms with Gasteiger partial charge in [-0.1, -0.05) is 25.3 Å². The minimum Gasteiger partial charge on any atom is -0.465 e. The summed E-state index contributed by atoms with van der Waals surface area (Å²) in [5.41, 5.74) is 1.86. The van der Waals surface area contributed by atoms with Crippen LogP contribution in [-0.2, 0) is 9.53 Å². The highest BCUT2D eigenvalue weighted by atomic mass is 28.3. The van der Waals surface area contributed by atoms with Gasteiger partial charge in [0.15, 0.2) is 0 Å². The Hall–Kier alpha value is -1.08. The Morgan fingerprint density at radius 2 is 2.00 bits per heavy atom. The first-order valence-electron chi connectivity index (χ1n) is 3.62. The molecular formula is C8H13NO2Si. The van der Waals surface area contributed by atoms with Crippen LogP contribution >= 0.6 is 0 Å². The van der Waals surface area contributed by atoms with E-state index in [0.717, 1.165) is 0 Å². The lowest BCUT2D eigenvalue weighted by molar-refractivity contribution is -0.135. The van der Waals surface area contributed by atoms with Crippen LogP contribution in [-0.4, -0.2) is 21.2 Å². The molecule has 0 aromatic heterocycles. The normalized spacial score (nSPS) is 12.1. The highest BCUT2D eigenvalue weighted by Crippen LogP contribution is 2.07. The molecule has 0 rings (SSSR count). The second kappa shape index (κ2) is 4.07. The fraction of sp³-hybridized carbons (Fsp3) is 0.500. The first kappa shape index (κ1) is 10.9. The molecule has 0 aromatic carbocycles. The van der Waals surface area contributed by atoms with Crippen molar-refractivity contribution in [1.82, 2.24) is 0 Å². The molecule has 0 amide bonds. The van der Waals surface area contributed by atoms with Gasteiger partial charge in [-0.2, -0.15) is 5.26 Å². The van der Waals surface area contributed by atoms with E-state index in [0.29, 0.717) is 0 Å². The van der Waals surface area contributed by atoms with E-state index < -0.39 is 14.0 Å². The summed E-state index contributed by atoms with van der Waals surface area (Å²) in [6, 6.07) is 1.83. The first-order chi connectivity index (χ1) is 5.40. The van der Waals surface area contributed by atoms with Crippen LogP contribution in [0.1, 0.15) is 0 Å². The van der Waals surface area contributed by atoms with E-state index in [4.69, 9.17) is 5.26 Å². The van der Waals surface area contributed by atoms with Crippen molar-refractivity contribution in [2.75, 3.05) is 7.11 Å². The number of rotatable bonds is 2. The summed E-state index contributed by atoms with van der Waals surface area (Å²) < 4.78 is 4.44. The number of methoxy groups -OCH3 is 1. The fourth-order valence-electron chi connectivity index (χ4n) is 0.680. The molecule has 3 nitrogen and oxygen atoms in total. The summed E-state index contributed by atoms with van der Waals surface area (Å²) in [5, 5.41) is 8.59. The zero-order valence-electron chi connectivity index (χ0n) is 7.84. The van der Waals surface area contributed by atoms with E-state index in [1.165, 1.54) is 7.11 Å². The Bertz CT molecular complexity index is 245. The maximum atomic E-state index is 10.9. The van der Waals surface area contributed by atoms with Gasteiger partial charge in [0.25, 0.3) is 0 Å². The van der Waals surface area contributed by atoms with E-state index >= 15 is 0 Å². The van der Waals surface area contributed by atoms with Crippen LogP contribution < -0.4 is 0 Å². The zero-order chi connectivity index (χ0) is 9.78. The molecular weight excluding hydrogens is 170 g/mol. The summed E-state index contributed by atoms with van der Waals surface area (Å²) in [5.74, 6) is -0.542. The van der Waals surface area contributed by atoms with E-state index in [9.17, 15) is 4.79 Å². The number of ether oxygens (including phenoxy) is 1. The van der Waals surface area contributed by atoms with Crippen LogP contribution in [0.25, 0.3) is 0 Å². The average molecular weight is 183 g/mol. The summed E-state index contributed by atoms with van der Waals surface area (Å²) in [6.07, 6.45) is 0. The predicted molar refractivity (Wildman–Crippen MR) is 49.1 cm³/mol. The number of carbonyl (C=O) groups excluding carboxylic acids is 1. The molecule has 0 bridgehead atoms. The van der Waals surface area contributed by atoms with Crippen molar-refractivity contribution in [3.63, 3.8) is 0 Å². The standard InChI is InChI=1S/C8H13NO2Si/c1-11-8(10)7(5-9)6-12(2,3)4/h6H,1-4H3/b7-6-. The molecule has 0 saturated carbocycles.